The fourth-order valence-corrected chi connectivity index (χ4v) is 5.02. The zero-order valence-corrected chi connectivity index (χ0v) is 17.0. The van der Waals surface area contributed by atoms with Crippen LogP contribution in [-0.2, 0) is 11.3 Å². The van der Waals surface area contributed by atoms with Crippen LogP contribution in [0.1, 0.15) is 61.4 Å². The number of rotatable bonds is 6. The minimum atomic E-state index is -0.0325. The Balaban J connectivity index is 1.33. The lowest BCUT2D eigenvalue weighted by Crippen LogP contribution is -2.55. The molecule has 2 aromatic rings. The third-order valence-corrected chi connectivity index (χ3v) is 6.44. The van der Waals surface area contributed by atoms with Crippen molar-refractivity contribution < 1.29 is 9.59 Å². The highest BCUT2D eigenvalue weighted by Gasteiger charge is 2.40. The number of aromatic nitrogens is 2. The molecule has 1 saturated heterocycles. The van der Waals surface area contributed by atoms with Crippen molar-refractivity contribution in [2.75, 3.05) is 0 Å². The Morgan fingerprint density at radius 3 is 2.83 bits per heavy atom. The molecule has 0 bridgehead atoms. The van der Waals surface area contributed by atoms with E-state index in [1.165, 1.54) is 0 Å². The molecule has 1 aromatic carbocycles. The van der Waals surface area contributed by atoms with Crippen LogP contribution in [0.25, 0.3) is 0 Å². The number of benzene rings is 1. The predicted octanol–water partition coefficient (Wildman–Crippen LogP) is 3.13. The molecule has 0 spiro atoms. The second-order valence-corrected chi connectivity index (χ2v) is 8.51. The van der Waals surface area contributed by atoms with E-state index in [4.69, 9.17) is 0 Å². The average Bonchev–Trinajstić information content (AvgIpc) is 3.21. The van der Waals surface area contributed by atoms with Gasteiger partial charge >= 0.3 is 0 Å². The zero-order valence-electron chi connectivity index (χ0n) is 17.0. The summed E-state index contributed by atoms with van der Waals surface area (Å²) in [6.07, 6.45) is 11.3. The van der Waals surface area contributed by atoms with Crippen LogP contribution in [0.2, 0.25) is 0 Å². The first-order chi connectivity index (χ1) is 14.1. The summed E-state index contributed by atoms with van der Waals surface area (Å²) >= 11 is 0. The van der Waals surface area contributed by atoms with Gasteiger partial charge < -0.3 is 15.2 Å². The SMILES string of the molecule is CCCC1CC(=O)NC2CC(NC(=O)c3ccc(Cn4ccnc4)cc3)CCC12. The molecular formula is C23H30N4O2. The predicted molar refractivity (Wildman–Crippen MR) is 111 cm³/mol. The maximum absolute atomic E-state index is 12.7. The molecule has 4 unspecified atom stereocenters. The van der Waals surface area contributed by atoms with Crippen LogP contribution in [0.3, 0.4) is 0 Å². The third-order valence-electron chi connectivity index (χ3n) is 6.44. The van der Waals surface area contributed by atoms with E-state index in [0.717, 1.165) is 44.2 Å². The number of fused-ring (bicyclic) bond motifs is 1. The van der Waals surface area contributed by atoms with Gasteiger partial charge in [0.1, 0.15) is 0 Å². The van der Waals surface area contributed by atoms with E-state index in [9.17, 15) is 9.59 Å². The number of carbonyl (C=O) groups excluding carboxylic acids is 2. The molecule has 4 atom stereocenters. The van der Waals surface area contributed by atoms with Gasteiger partial charge in [0.25, 0.3) is 5.91 Å². The van der Waals surface area contributed by atoms with Gasteiger partial charge in [0.2, 0.25) is 5.91 Å². The molecule has 1 aliphatic heterocycles. The van der Waals surface area contributed by atoms with E-state index in [1.807, 2.05) is 35.0 Å². The number of carbonyl (C=O) groups is 2. The Morgan fingerprint density at radius 2 is 2.10 bits per heavy atom. The van der Waals surface area contributed by atoms with Gasteiger partial charge in [-0.15, -0.1) is 0 Å². The summed E-state index contributed by atoms with van der Waals surface area (Å²) in [6, 6.07) is 8.06. The van der Waals surface area contributed by atoms with Crippen molar-refractivity contribution in [1.82, 2.24) is 20.2 Å². The van der Waals surface area contributed by atoms with Crippen LogP contribution in [0.5, 0.6) is 0 Å². The smallest absolute Gasteiger partial charge is 0.251 e. The standard InChI is InChI=1S/C23H30N4O2/c1-2-3-18-12-22(28)26-21-13-19(8-9-20(18)21)25-23(29)17-6-4-16(5-7-17)14-27-11-10-24-15-27/h4-7,10-11,15,18-21H,2-3,8-9,12-14H2,1H3,(H,25,29)(H,26,28). The molecule has 4 rings (SSSR count). The van der Waals surface area contributed by atoms with Gasteiger partial charge in [-0.25, -0.2) is 4.98 Å². The lowest BCUT2D eigenvalue weighted by atomic mass is 9.70. The molecule has 2 N–H and O–H groups in total. The molecule has 29 heavy (non-hydrogen) atoms. The summed E-state index contributed by atoms with van der Waals surface area (Å²) < 4.78 is 2.00. The number of nitrogens with zero attached hydrogens (tertiary/aromatic N) is 2. The lowest BCUT2D eigenvalue weighted by molar-refractivity contribution is -0.127. The normalized spacial score (nSPS) is 26.4. The Kier molecular flexibility index (Phi) is 5.97. The Hall–Kier alpha value is -2.63. The first-order valence-electron chi connectivity index (χ1n) is 10.8. The molecule has 2 heterocycles. The molecule has 1 aliphatic carbocycles. The topological polar surface area (TPSA) is 76.0 Å². The number of nitrogens with one attached hydrogen (secondary N) is 2. The summed E-state index contributed by atoms with van der Waals surface area (Å²) in [5, 5.41) is 6.37. The molecule has 6 heteroatoms. The fraction of sp³-hybridized carbons (Fsp3) is 0.522. The van der Waals surface area contributed by atoms with Gasteiger partial charge in [-0.05, 0) is 55.2 Å². The van der Waals surface area contributed by atoms with Gasteiger partial charge in [0, 0.05) is 43.0 Å². The molecule has 2 aliphatic rings. The highest BCUT2D eigenvalue weighted by Crippen LogP contribution is 2.37. The highest BCUT2D eigenvalue weighted by molar-refractivity contribution is 5.94. The first-order valence-corrected chi connectivity index (χ1v) is 10.8. The molecule has 2 fully saturated rings. The second-order valence-electron chi connectivity index (χ2n) is 8.51. The minimum absolute atomic E-state index is 0.0325. The quantitative estimate of drug-likeness (QED) is 0.790. The van der Waals surface area contributed by atoms with Crippen LogP contribution in [-0.4, -0.2) is 33.4 Å². The van der Waals surface area contributed by atoms with E-state index in [0.29, 0.717) is 23.8 Å². The van der Waals surface area contributed by atoms with Crippen molar-refractivity contribution >= 4 is 11.8 Å². The van der Waals surface area contributed by atoms with Crippen molar-refractivity contribution in [1.29, 1.82) is 0 Å². The monoisotopic (exact) mass is 394 g/mol. The van der Waals surface area contributed by atoms with Gasteiger partial charge in [0.15, 0.2) is 0 Å². The van der Waals surface area contributed by atoms with E-state index in [2.05, 4.69) is 22.5 Å². The van der Waals surface area contributed by atoms with Crippen molar-refractivity contribution in [3.05, 3.63) is 54.1 Å². The number of piperidine rings is 1. The molecule has 0 radical (unpaired) electrons. The molecule has 6 nitrogen and oxygen atoms in total. The number of amides is 2. The maximum atomic E-state index is 12.7. The van der Waals surface area contributed by atoms with Crippen molar-refractivity contribution in [3.8, 4) is 0 Å². The van der Waals surface area contributed by atoms with Crippen LogP contribution in [0.4, 0.5) is 0 Å². The zero-order chi connectivity index (χ0) is 20.2. The van der Waals surface area contributed by atoms with E-state index in [-0.39, 0.29) is 23.9 Å². The highest BCUT2D eigenvalue weighted by atomic mass is 16.2. The second kappa shape index (κ2) is 8.80. The van der Waals surface area contributed by atoms with E-state index in [1.54, 1.807) is 12.5 Å². The maximum Gasteiger partial charge on any atom is 0.251 e. The lowest BCUT2D eigenvalue weighted by Gasteiger charge is -2.44. The molecule has 1 saturated carbocycles. The summed E-state index contributed by atoms with van der Waals surface area (Å²) in [7, 11) is 0. The Labute approximate surface area is 172 Å². The summed E-state index contributed by atoms with van der Waals surface area (Å²) in [4.78, 5) is 28.9. The molecule has 2 amide bonds. The Morgan fingerprint density at radius 1 is 1.28 bits per heavy atom. The van der Waals surface area contributed by atoms with E-state index < -0.39 is 0 Å². The molecular weight excluding hydrogens is 364 g/mol. The van der Waals surface area contributed by atoms with Gasteiger partial charge in [0.05, 0.1) is 6.33 Å². The van der Waals surface area contributed by atoms with Gasteiger partial charge in [-0.2, -0.15) is 0 Å². The van der Waals surface area contributed by atoms with Crippen LogP contribution >= 0.6 is 0 Å². The van der Waals surface area contributed by atoms with Crippen LogP contribution in [0, 0.1) is 11.8 Å². The summed E-state index contributed by atoms with van der Waals surface area (Å²) in [5.74, 6) is 1.20. The van der Waals surface area contributed by atoms with Gasteiger partial charge in [-0.3, -0.25) is 9.59 Å². The fourth-order valence-electron chi connectivity index (χ4n) is 5.02. The van der Waals surface area contributed by atoms with Crippen LogP contribution in [0.15, 0.2) is 43.0 Å². The Bertz CT molecular complexity index is 831. The summed E-state index contributed by atoms with van der Waals surface area (Å²) in [6.45, 7) is 2.93. The number of hydrogen-bond acceptors (Lipinski definition) is 3. The van der Waals surface area contributed by atoms with Gasteiger partial charge in [-0.1, -0.05) is 25.5 Å². The molecule has 1 aromatic heterocycles. The molecule has 154 valence electrons. The third kappa shape index (κ3) is 4.69. The summed E-state index contributed by atoms with van der Waals surface area (Å²) in [5.41, 5.74) is 1.81. The average molecular weight is 395 g/mol. The van der Waals surface area contributed by atoms with Crippen LogP contribution < -0.4 is 10.6 Å². The first kappa shape index (κ1) is 19.7. The van der Waals surface area contributed by atoms with Crippen molar-refractivity contribution in [2.24, 2.45) is 11.8 Å². The number of imidazole rings is 1. The minimum Gasteiger partial charge on any atom is -0.353 e. The number of hydrogen-bond donors (Lipinski definition) is 2. The van der Waals surface area contributed by atoms with Crippen molar-refractivity contribution in [3.63, 3.8) is 0 Å². The largest absolute Gasteiger partial charge is 0.353 e. The van der Waals surface area contributed by atoms with Crippen molar-refractivity contribution in [2.45, 2.75) is 64.1 Å². The van der Waals surface area contributed by atoms with E-state index >= 15 is 0 Å².